The molecule has 0 saturated heterocycles. The summed E-state index contributed by atoms with van der Waals surface area (Å²) < 4.78 is 0. The standard InChI is InChI=1S/C17H20N2/c18-10-3-4-11-19-17-9-5-8-15-14-7-2-1-6-13(14)12-16(15)17/h1-2,5-9,19H,3-4,10-12,18H2. The molecular weight excluding hydrogens is 232 g/mol. The number of hydrogen-bond acceptors (Lipinski definition) is 2. The van der Waals surface area contributed by atoms with Gasteiger partial charge in [0.05, 0.1) is 0 Å². The Bertz CT molecular complexity index is 575. The van der Waals surface area contributed by atoms with Gasteiger partial charge in [-0.1, -0.05) is 36.4 Å². The van der Waals surface area contributed by atoms with Crippen molar-refractivity contribution in [1.82, 2.24) is 0 Å². The molecule has 0 radical (unpaired) electrons. The summed E-state index contributed by atoms with van der Waals surface area (Å²) in [5, 5.41) is 3.56. The van der Waals surface area contributed by atoms with Gasteiger partial charge in [-0.2, -0.15) is 0 Å². The first-order chi connectivity index (χ1) is 9.40. The van der Waals surface area contributed by atoms with E-state index in [2.05, 4.69) is 47.8 Å². The predicted molar refractivity (Wildman–Crippen MR) is 81.5 cm³/mol. The molecular formula is C17H20N2. The molecule has 0 heterocycles. The zero-order chi connectivity index (χ0) is 13.1. The van der Waals surface area contributed by atoms with Crippen molar-refractivity contribution >= 4 is 5.69 Å². The van der Waals surface area contributed by atoms with Gasteiger partial charge in [0.1, 0.15) is 0 Å². The van der Waals surface area contributed by atoms with Crippen LogP contribution in [0.3, 0.4) is 0 Å². The van der Waals surface area contributed by atoms with Crippen LogP contribution in [-0.2, 0) is 6.42 Å². The maximum Gasteiger partial charge on any atom is 0.0382 e. The molecule has 0 fully saturated rings. The second kappa shape index (κ2) is 5.45. The molecule has 0 atom stereocenters. The van der Waals surface area contributed by atoms with Gasteiger partial charge in [0.15, 0.2) is 0 Å². The Balaban J connectivity index is 1.82. The number of anilines is 1. The van der Waals surface area contributed by atoms with E-state index >= 15 is 0 Å². The Morgan fingerprint density at radius 2 is 1.79 bits per heavy atom. The quantitative estimate of drug-likeness (QED) is 0.683. The minimum Gasteiger partial charge on any atom is -0.385 e. The molecule has 2 nitrogen and oxygen atoms in total. The van der Waals surface area contributed by atoms with E-state index in [1.807, 2.05) is 0 Å². The molecule has 2 aromatic rings. The van der Waals surface area contributed by atoms with Crippen LogP contribution in [-0.4, -0.2) is 13.1 Å². The van der Waals surface area contributed by atoms with E-state index in [1.165, 1.54) is 27.9 Å². The molecule has 0 aliphatic heterocycles. The Morgan fingerprint density at radius 1 is 0.947 bits per heavy atom. The van der Waals surface area contributed by atoms with E-state index in [0.29, 0.717) is 0 Å². The molecule has 98 valence electrons. The summed E-state index contributed by atoms with van der Waals surface area (Å²) in [7, 11) is 0. The molecule has 2 aromatic carbocycles. The Labute approximate surface area is 114 Å². The van der Waals surface area contributed by atoms with Gasteiger partial charge in [-0.3, -0.25) is 0 Å². The number of nitrogens with two attached hydrogens (primary N) is 1. The van der Waals surface area contributed by atoms with Crippen molar-refractivity contribution in [2.24, 2.45) is 5.73 Å². The summed E-state index contributed by atoms with van der Waals surface area (Å²) in [6, 6.07) is 15.3. The van der Waals surface area contributed by atoms with E-state index in [0.717, 1.165) is 32.4 Å². The van der Waals surface area contributed by atoms with Crippen LogP contribution in [0.2, 0.25) is 0 Å². The third-order valence-corrected chi connectivity index (χ3v) is 3.80. The molecule has 0 amide bonds. The summed E-state index contributed by atoms with van der Waals surface area (Å²) in [5.74, 6) is 0. The summed E-state index contributed by atoms with van der Waals surface area (Å²) >= 11 is 0. The Kier molecular flexibility index (Phi) is 3.51. The molecule has 19 heavy (non-hydrogen) atoms. The first kappa shape index (κ1) is 12.2. The smallest absolute Gasteiger partial charge is 0.0382 e. The van der Waals surface area contributed by atoms with Crippen LogP contribution in [0.15, 0.2) is 42.5 Å². The molecule has 1 aliphatic carbocycles. The van der Waals surface area contributed by atoms with Crippen molar-refractivity contribution in [1.29, 1.82) is 0 Å². The fourth-order valence-corrected chi connectivity index (χ4v) is 2.82. The third kappa shape index (κ3) is 2.36. The minimum atomic E-state index is 0.778. The second-order valence-electron chi connectivity index (χ2n) is 5.09. The van der Waals surface area contributed by atoms with E-state index in [1.54, 1.807) is 0 Å². The number of unbranched alkanes of at least 4 members (excludes halogenated alkanes) is 1. The summed E-state index contributed by atoms with van der Waals surface area (Å²) in [6.45, 7) is 1.78. The van der Waals surface area contributed by atoms with Crippen molar-refractivity contribution in [2.75, 3.05) is 18.4 Å². The largest absolute Gasteiger partial charge is 0.385 e. The summed E-state index contributed by atoms with van der Waals surface area (Å²) in [6.07, 6.45) is 3.26. The molecule has 2 heteroatoms. The number of benzene rings is 2. The Morgan fingerprint density at radius 3 is 2.68 bits per heavy atom. The van der Waals surface area contributed by atoms with E-state index in [-0.39, 0.29) is 0 Å². The molecule has 0 unspecified atom stereocenters. The number of rotatable bonds is 5. The van der Waals surface area contributed by atoms with Gasteiger partial charge < -0.3 is 11.1 Å². The van der Waals surface area contributed by atoms with E-state index < -0.39 is 0 Å². The average Bonchev–Trinajstić information content (AvgIpc) is 2.83. The maximum absolute atomic E-state index is 5.53. The number of fused-ring (bicyclic) bond motifs is 3. The summed E-state index contributed by atoms with van der Waals surface area (Å²) in [5.41, 5.74) is 12.5. The monoisotopic (exact) mass is 252 g/mol. The average molecular weight is 252 g/mol. The van der Waals surface area contributed by atoms with Crippen molar-refractivity contribution in [3.63, 3.8) is 0 Å². The topological polar surface area (TPSA) is 38.0 Å². The molecule has 0 spiro atoms. The van der Waals surface area contributed by atoms with Crippen molar-refractivity contribution < 1.29 is 0 Å². The second-order valence-corrected chi connectivity index (χ2v) is 5.09. The third-order valence-electron chi connectivity index (χ3n) is 3.80. The van der Waals surface area contributed by atoms with Gasteiger partial charge in [0, 0.05) is 18.7 Å². The fraction of sp³-hybridized carbons (Fsp3) is 0.294. The van der Waals surface area contributed by atoms with Gasteiger partial charge in [-0.25, -0.2) is 0 Å². The first-order valence-electron chi connectivity index (χ1n) is 7.04. The highest BCUT2D eigenvalue weighted by atomic mass is 14.9. The van der Waals surface area contributed by atoms with Gasteiger partial charge in [0.2, 0.25) is 0 Å². The minimum absolute atomic E-state index is 0.778. The molecule has 1 aliphatic rings. The van der Waals surface area contributed by atoms with Crippen LogP contribution in [0.1, 0.15) is 24.0 Å². The van der Waals surface area contributed by atoms with Gasteiger partial charge >= 0.3 is 0 Å². The zero-order valence-corrected chi connectivity index (χ0v) is 11.2. The lowest BCUT2D eigenvalue weighted by Gasteiger charge is -2.11. The number of hydrogen-bond donors (Lipinski definition) is 2. The maximum atomic E-state index is 5.53. The SMILES string of the molecule is NCCCCNc1cccc2c1Cc1ccccc1-2. The van der Waals surface area contributed by atoms with E-state index in [9.17, 15) is 0 Å². The molecule has 3 rings (SSSR count). The van der Waals surface area contributed by atoms with Crippen LogP contribution in [0.4, 0.5) is 5.69 Å². The number of nitrogens with one attached hydrogen (secondary N) is 1. The molecule has 0 aromatic heterocycles. The lowest BCUT2D eigenvalue weighted by molar-refractivity contribution is 0.774. The highest BCUT2D eigenvalue weighted by Gasteiger charge is 2.19. The lowest BCUT2D eigenvalue weighted by atomic mass is 10.0. The lowest BCUT2D eigenvalue weighted by Crippen LogP contribution is -2.07. The Hall–Kier alpha value is -1.80. The van der Waals surface area contributed by atoms with Crippen LogP contribution in [0, 0.1) is 0 Å². The zero-order valence-electron chi connectivity index (χ0n) is 11.2. The first-order valence-corrected chi connectivity index (χ1v) is 7.04. The normalized spacial score (nSPS) is 12.1. The van der Waals surface area contributed by atoms with Crippen molar-refractivity contribution in [3.05, 3.63) is 53.6 Å². The van der Waals surface area contributed by atoms with Crippen LogP contribution < -0.4 is 11.1 Å². The molecule has 0 bridgehead atoms. The molecule has 3 N–H and O–H groups in total. The highest BCUT2D eigenvalue weighted by molar-refractivity contribution is 5.81. The van der Waals surface area contributed by atoms with Gasteiger partial charge in [0.25, 0.3) is 0 Å². The fourth-order valence-electron chi connectivity index (χ4n) is 2.82. The van der Waals surface area contributed by atoms with Gasteiger partial charge in [-0.05, 0) is 47.7 Å². The van der Waals surface area contributed by atoms with Crippen LogP contribution in [0.5, 0.6) is 0 Å². The molecule has 0 saturated carbocycles. The van der Waals surface area contributed by atoms with E-state index in [4.69, 9.17) is 5.73 Å². The van der Waals surface area contributed by atoms with Crippen LogP contribution >= 0.6 is 0 Å². The van der Waals surface area contributed by atoms with Crippen molar-refractivity contribution in [3.8, 4) is 11.1 Å². The van der Waals surface area contributed by atoms with Crippen molar-refractivity contribution in [2.45, 2.75) is 19.3 Å². The summed E-state index contributed by atoms with van der Waals surface area (Å²) in [4.78, 5) is 0. The predicted octanol–water partition coefficient (Wildman–Crippen LogP) is 3.41. The van der Waals surface area contributed by atoms with Gasteiger partial charge in [-0.15, -0.1) is 0 Å². The van der Waals surface area contributed by atoms with Crippen LogP contribution in [0.25, 0.3) is 11.1 Å². The highest BCUT2D eigenvalue weighted by Crippen LogP contribution is 2.39.